The van der Waals surface area contributed by atoms with E-state index in [1.807, 2.05) is 0 Å². The monoisotopic (exact) mass is 394 g/mol. The van der Waals surface area contributed by atoms with Gasteiger partial charge in [-0.1, -0.05) is 74.0 Å². The zero-order valence-electron chi connectivity index (χ0n) is 20.3. The summed E-state index contributed by atoms with van der Waals surface area (Å²) in [6.45, 7) is 24.7. The molecule has 160 valence electrons. The van der Waals surface area contributed by atoms with Crippen LogP contribution >= 0.6 is 0 Å². The van der Waals surface area contributed by atoms with Crippen molar-refractivity contribution in [3.63, 3.8) is 0 Å². The van der Waals surface area contributed by atoms with E-state index in [0.29, 0.717) is 10.5 Å². The third-order valence-corrected chi connectivity index (χ3v) is 12.3. The standard InChI is InChI=1S/C25H50OSi/c1-11-25(8,16-12-18-26-27(9,10)24(5,6)7)17-15-22-19-21(4)13-14-23(22)20(2)3/h15,17,20-23H,11-14,16,18-19H2,1-10H3/b17-15+/t21-,22-,23+,25+/m1/s1. The van der Waals surface area contributed by atoms with Crippen LogP contribution in [0.2, 0.25) is 18.1 Å². The summed E-state index contributed by atoms with van der Waals surface area (Å²) in [5, 5.41) is 0.310. The highest BCUT2D eigenvalue weighted by atomic mass is 28.4. The van der Waals surface area contributed by atoms with Crippen molar-refractivity contribution < 1.29 is 4.43 Å². The Kier molecular flexibility index (Phi) is 9.33. The van der Waals surface area contributed by atoms with Gasteiger partial charge in [-0.2, -0.15) is 0 Å². The normalized spacial score (nSPS) is 27.3. The number of hydrogen-bond donors (Lipinski definition) is 0. The predicted octanol–water partition coefficient (Wildman–Crippen LogP) is 8.47. The van der Waals surface area contributed by atoms with Crippen LogP contribution in [0.5, 0.6) is 0 Å². The molecule has 1 aliphatic rings. The minimum absolute atomic E-state index is 0.310. The second-order valence-electron chi connectivity index (χ2n) is 11.6. The molecule has 1 rings (SSSR count). The number of hydrogen-bond acceptors (Lipinski definition) is 1. The molecule has 2 heteroatoms. The fraction of sp³-hybridized carbons (Fsp3) is 0.920. The first-order chi connectivity index (χ1) is 12.3. The molecule has 0 spiro atoms. The average molecular weight is 395 g/mol. The maximum atomic E-state index is 6.41. The molecule has 1 saturated carbocycles. The molecule has 0 aromatic rings. The van der Waals surface area contributed by atoms with Gasteiger partial charge >= 0.3 is 0 Å². The Morgan fingerprint density at radius 3 is 2.26 bits per heavy atom. The molecule has 1 nitrogen and oxygen atoms in total. The van der Waals surface area contributed by atoms with Crippen molar-refractivity contribution in [3.8, 4) is 0 Å². The fourth-order valence-electron chi connectivity index (χ4n) is 4.25. The molecule has 0 aromatic carbocycles. The van der Waals surface area contributed by atoms with Crippen LogP contribution in [0.1, 0.15) is 93.9 Å². The van der Waals surface area contributed by atoms with E-state index in [2.05, 4.69) is 80.6 Å². The minimum atomic E-state index is -1.60. The lowest BCUT2D eigenvalue weighted by Gasteiger charge is -2.37. The van der Waals surface area contributed by atoms with Crippen molar-refractivity contribution in [1.29, 1.82) is 0 Å². The van der Waals surface area contributed by atoms with Crippen molar-refractivity contribution in [2.75, 3.05) is 6.61 Å². The Hall–Kier alpha value is -0.0831. The summed E-state index contributed by atoms with van der Waals surface area (Å²) >= 11 is 0. The van der Waals surface area contributed by atoms with Gasteiger partial charge in [-0.15, -0.1) is 0 Å². The van der Waals surface area contributed by atoms with Crippen molar-refractivity contribution in [2.24, 2.45) is 29.1 Å². The lowest BCUT2D eigenvalue weighted by Crippen LogP contribution is -2.41. The van der Waals surface area contributed by atoms with Crippen molar-refractivity contribution >= 4 is 8.32 Å². The maximum Gasteiger partial charge on any atom is 0.191 e. The van der Waals surface area contributed by atoms with Gasteiger partial charge in [-0.25, -0.2) is 0 Å². The zero-order valence-corrected chi connectivity index (χ0v) is 21.3. The summed E-state index contributed by atoms with van der Waals surface area (Å²) < 4.78 is 6.41. The third-order valence-electron chi connectivity index (χ3n) is 7.79. The van der Waals surface area contributed by atoms with E-state index in [9.17, 15) is 0 Å². The van der Waals surface area contributed by atoms with E-state index < -0.39 is 8.32 Å². The average Bonchev–Trinajstić information content (AvgIpc) is 2.56. The summed E-state index contributed by atoms with van der Waals surface area (Å²) in [6, 6.07) is 0. The highest BCUT2D eigenvalue weighted by molar-refractivity contribution is 6.74. The van der Waals surface area contributed by atoms with E-state index in [4.69, 9.17) is 4.43 Å². The molecule has 0 bridgehead atoms. The zero-order chi connectivity index (χ0) is 20.9. The maximum absolute atomic E-state index is 6.41. The van der Waals surface area contributed by atoms with E-state index >= 15 is 0 Å². The van der Waals surface area contributed by atoms with Crippen molar-refractivity contribution in [3.05, 3.63) is 12.2 Å². The molecule has 0 heterocycles. The van der Waals surface area contributed by atoms with Crippen LogP contribution in [0.4, 0.5) is 0 Å². The van der Waals surface area contributed by atoms with Crippen LogP contribution in [0, 0.1) is 29.1 Å². The molecule has 0 aromatic heterocycles. The van der Waals surface area contributed by atoms with Crippen molar-refractivity contribution in [2.45, 2.75) is 112 Å². The Morgan fingerprint density at radius 1 is 1.11 bits per heavy atom. The Labute approximate surface area is 172 Å². The van der Waals surface area contributed by atoms with Gasteiger partial charge in [0.15, 0.2) is 8.32 Å². The first-order valence-electron chi connectivity index (χ1n) is 11.6. The molecule has 0 unspecified atom stereocenters. The molecule has 0 aliphatic heterocycles. The fourth-order valence-corrected chi connectivity index (χ4v) is 5.34. The summed E-state index contributed by atoms with van der Waals surface area (Å²) in [4.78, 5) is 0. The lowest BCUT2D eigenvalue weighted by molar-refractivity contribution is 0.177. The van der Waals surface area contributed by atoms with E-state index in [0.717, 1.165) is 30.3 Å². The van der Waals surface area contributed by atoms with Gasteiger partial charge in [-0.05, 0) is 79.3 Å². The quantitative estimate of drug-likeness (QED) is 0.216. The van der Waals surface area contributed by atoms with Gasteiger partial charge in [0.2, 0.25) is 0 Å². The SMILES string of the molecule is CC[C@](C)(/C=C/[C@@H]1C[C@H](C)CC[C@H]1C(C)C)CCCO[Si](C)(C)C(C)(C)C. The molecule has 4 atom stereocenters. The second-order valence-corrected chi connectivity index (χ2v) is 16.4. The minimum Gasteiger partial charge on any atom is -0.417 e. The summed E-state index contributed by atoms with van der Waals surface area (Å²) in [5.41, 5.74) is 0.318. The van der Waals surface area contributed by atoms with Gasteiger partial charge < -0.3 is 4.43 Å². The van der Waals surface area contributed by atoms with Crippen LogP contribution in [0.25, 0.3) is 0 Å². The Morgan fingerprint density at radius 2 is 1.74 bits per heavy atom. The van der Waals surface area contributed by atoms with Crippen LogP contribution < -0.4 is 0 Å². The first kappa shape index (κ1) is 25.0. The second kappa shape index (κ2) is 10.1. The van der Waals surface area contributed by atoms with Crippen LogP contribution in [0.15, 0.2) is 12.2 Å². The van der Waals surface area contributed by atoms with Crippen LogP contribution in [0.3, 0.4) is 0 Å². The smallest absolute Gasteiger partial charge is 0.191 e. The van der Waals surface area contributed by atoms with E-state index in [-0.39, 0.29) is 0 Å². The summed E-state index contributed by atoms with van der Waals surface area (Å²) in [5.74, 6) is 3.35. The van der Waals surface area contributed by atoms with Gasteiger partial charge in [0, 0.05) is 6.61 Å². The summed E-state index contributed by atoms with van der Waals surface area (Å²) in [6.07, 6.45) is 13.0. The molecule has 1 aliphatic carbocycles. The van der Waals surface area contributed by atoms with Gasteiger partial charge in [-0.3, -0.25) is 0 Å². The molecule has 0 saturated heterocycles. The van der Waals surface area contributed by atoms with E-state index in [1.54, 1.807) is 0 Å². The number of rotatable bonds is 9. The van der Waals surface area contributed by atoms with Crippen LogP contribution in [-0.2, 0) is 4.43 Å². The Balaban J connectivity index is 2.62. The molecule has 0 radical (unpaired) electrons. The highest BCUT2D eigenvalue weighted by Crippen LogP contribution is 2.40. The highest BCUT2D eigenvalue weighted by Gasteiger charge is 2.37. The number of allylic oxidation sites excluding steroid dienone is 2. The van der Waals surface area contributed by atoms with Gasteiger partial charge in [0.25, 0.3) is 0 Å². The van der Waals surface area contributed by atoms with Crippen LogP contribution in [-0.4, -0.2) is 14.9 Å². The third kappa shape index (κ3) is 7.69. The first-order valence-corrected chi connectivity index (χ1v) is 14.6. The van der Waals surface area contributed by atoms with E-state index in [1.165, 1.54) is 38.5 Å². The molecule has 0 N–H and O–H groups in total. The molecule has 27 heavy (non-hydrogen) atoms. The molecule has 1 fully saturated rings. The largest absolute Gasteiger partial charge is 0.417 e. The molecule has 0 amide bonds. The van der Waals surface area contributed by atoms with Gasteiger partial charge in [0.1, 0.15) is 0 Å². The Bertz CT molecular complexity index is 459. The molecular formula is C25H50OSi. The molecular weight excluding hydrogens is 344 g/mol. The topological polar surface area (TPSA) is 9.23 Å². The lowest BCUT2D eigenvalue weighted by atomic mass is 9.69. The summed E-state index contributed by atoms with van der Waals surface area (Å²) in [7, 11) is -1.60. The van der Waals surface area contributed by atoms with Crippen molar-refractivity contribution in [1.82, 2.24) is 0 Å². The predicted molar refractivity (Wildman–Crippen MR) is 125 cm³/mol. The van der Waals surface area contributed by atoms with Gasteiger partial charge in [0.05, 0.1) is 0 Å².